The highest BCUT2D eigenvalue weighted by Crippen LogP contribution is 2.28. The third-order valence-corrected chi connectivity index (χ3v) is 2.40. The van der Waals surface area contributed by atoms with Crippen molar-refractivity contribution in [3.8, 4) is 5.75 Å². The molecule has 3 heteroatoms. The number of rotatable bonds is 3. The standard InChI is InChI=1S/C13H13NO2/c1-16-12-8-3-2-6-10(12)13(15)11-7-4-5-9-14-11/h2-9,13,15H,1H3/t13-/m1/s1. The van der Waals surface area contributed by atoms with Gasteiger partial charge in [-0.25, -0.2) is 0 Å². The van der Waals surface area contributed by atoms with Gasteiger partial charge in [-0.05, 0) is 18.2 Å². The van der Waals surface area contributed by atoms with Gasteiger partial charge >= 0.3 is 0 Å². The summed E-state index contributed by atoms with van der Waals surface area (Å²) in [6, 6.07) is 12.8. The predicted molar refractivity (Wildman–Crippen MR) is 61.3 cm³/mol. The summed E-state index contributed by atoms with van der Waals surface area (Å²) < 4.78 is 5.20. The Kier molecular flexibility index (Phi) is 3.17. The fraction of sp³-hybridized carbons (Fsp3) is 0.154. The highest BCUT2D eigenvalue weighted by atomic mass is 16.5. The zero-order chi connectivity index (χ0) is 11.4. The SMILES string of the molecule is COc1ccccc1[C@@H](O)c1ccccn1. The van der Waals surface area contributed by atoms with E-state index in [0.717, 1.165) is 5.56 Å². The molecule has 16 heavy (non-hydrogen) atoms. The Labute approximate surface area is 94.3 Å². The second kappa shape index (κ2) is 4.77. The van der Waals surface area contributed by atoms with Crippen molar-refractivity contribution in [3.05, 3.63) is 59.9 Å². The Morgan fingerprint density at radius 3 is 2.56 bits per heavy atom. The first-order chi connectivity index (χ1) is 7.83. The molecule has 1 N–H and O–H groups in total. The molecule has 1 heterocycles. The van der Waals surface area contributed by atoms with Crippen LogP contribution in [0.15, 0.2) is 48.7 Å². The van der Waals surface area contributed by atoms with Crippen molar-refractivity contribution < 1.29 is 9.84 Å². The Hall–Kier alpha value is -1.87. The average Bonchev–Trinajstić information content (AvgIpc) is 2.39. The Morgan fingerprint density at radius 1 is 1.12 bits per heavy atom. The van der Waals surface area contributed by atoms with E-state index in [0.29, 0.717) is 11.4 Å². The van der Waals surface area contributed by atoms with Crippen LogP contribution in [0.2, 0.25) is 0 Å². The quantitative estimate of drug-likeness (QED) is 0.853. The van der Waals surface area contributed by atoms with Gasteiger partial charge in [0.05, 0.1) is 12.8 Å². The molecule has 0 saturated carbocycles. The minimum atomic E-state index is -0.752. The first kappa shape index (κ1) is 10.6. The van der Waals surface area contributed by atoms with Crippen LogP contribution < -0.4 is 4.74 Å². The van der Waals surface area contributed by atoms with Gasteiger partial charge in [0.25, 0.3) is 0 Å². The van der Waals surface area contributed by atoms with E-state index >= 15 is 0 Å². The molecule has 0 spiro atoms. The number of aliphatic hydroxyl groups excluding tert-OH is 1. The van der Waals surface area contributed by atoms with Crippen LogP contribution in [0.25, 0.3) is 0 Å². The molecule has 0 aliphatic rings. The number of methoxy groups -OCH3 is 1. The fourth-order valence-electron chi connectivity index (χ4n) is 1.59. The molecule has 0 aliphatic heterocycles. The molecule has 3 nitrogen and oxygen atoms in total. The molecule has 0 saturated heterocycles. The van der Waals surface area contributed by atoms with Gasteiger partial charge in [-0.3, -0.25) is 4.98 Å². The number of nitrogens with zero attached hydrogens (tertiary/aromatic N) is 1. The number of benzene rings is 1. The van der Waals surface area contributed by atoms with Crippen LogP contribution >= 0.6 is 0 Å². The van der Waals surface area contributed by atoms with Crippen molar-refractivity contribution in [3.63, 3.8) is 0 Å². The van der Waals surface area contributed by atoms with Crippen LogP contribution in [-0.4, -0.2) is 17.2 Å². The van der Waals surface area contributed by atoms with Gasteiger partial charge < -0.3 is 9.84 Å². The second-order valence-corrected chi connectivity index (χ2v) is 3.40. The summed E-state index contributed by atoms with van der Waals surface area (Å²) in [6.07, 6.45) is 0.908. The normalized spacial score (nSPS) is 12.1. The number of aliphatic hydroxyl groups is 1. The number of para-hydroxylation sites is 1. The van der Waals surface area contributed by atoms with Crippen molar-refractivity contribution in [1.29, 1.82) is 0 Å². The van der Waals surface area contributed by atoms with E-state index in [1.165, 1.54) is 0 Å². The van der Waals surface area contributed by atoms with Gasteiger partial charge in [0, 0.05) is 11.8 Å². The van der Waals surface area contributed by atoms with Crippen LogP contribution in [0.5, 0.6) is 5.75 Å². The molecule has 0 fully saturated rings. The van der Waals surface area contributed by atoms with E-state index in [9.17, 15) is 5.11 Å². The number of ether oxygens (including phenoxy) is 1. The van der Waals surface area contributed by atoms with E-state index < -0.39 is 6.10 Å². The van der Waals surface area contributed by atoms with Gasteiger partial charge in [0.1, 0.15) is 11.9 Å². The van der Waals surface area contributed by atoms with Crippen LogP contribution in [0, 0.1) is 0 Å². The molecule has 82 valence electrons. The molecule has 2 aromatic rings. The molecule has 1 atom stereocenters. The average molecular weight is 215 g/mol. The summed E-state index contributed by atoms with van der Waals surface area (Å²) in [5.74, 6) is 0.667. The molecule has 0 bridgehead atoms. The molecule has 0 aliphatic carbocycles. The highest BCUT2D eigenvalue weighted by Gasteiger charge is 2.15. The Balaban J connectivity index is 2.37. The van der Waals surface area contributed by atoms with Crippen molar-refractivity contribution >= 4 is 0 Å². The fourth-order valence-corrected chi connectivity index (χ4v) is 1.59. The topological polar surface area (TPSA) is 42.4 Å². The van der Waals surface area contributed by atoms with Gasteiger partial charge in [-0.2, -0.15) is 0 Å². The van der Waals surface area contributed by atoms with E-state index in [1.807, 2.05) is 36.4 Å². The molecule has 0 radical (unpaired) electrons. The number of aromatic nitrogens is 1. The van der Waals surface area contributed by atoms with Gasteiger partial charge in [-0.1, -0.05) is 24.3 Å². The van der Waals surface area contributed by atoms with Crippen molar-refractivity contribution in [2.24, 2.45) is 0 Å². The zero-order valence-corrected chi connectivity index (χ0v) is 9.00. The maximum atomic E-state index is 10.2. The van der Waals surface area contributed by atoms with Gasteiger partial charge in [0.2, 0.25) is 0 Å². The van der Waals surface area contributed by atoms with Gasteiger partial charge in [0.15, 0.2) is 0 Å². The summed E-state index contributed by atoms with van der Waals surface area (Å²) in [7, 11) is 1.59. The van der Waals surface area contributed by atoms with E-state index in [1.54, 1.807) is 19.4 Å². The van der Waals surface area contributed by atoms with Crippen molar-refractivity contribution in [2.45, 2.75) is 6.10 Å². The maximum absolute atomic E-state index is 10.2. The van der Waals surface area contributed by atoms with E-state index in [2.05, 4.69) is 4.98 Å². The Bertz CT molecular complexity index is 456. The first-order valence-electron chi connectivity index (χ1n) is 5.05. The van der Waals surface area contributed by atoms with Crippen LogP contribution in [0.1, 0.15) is 17.4 Å². The monoisotopic (exact) mass is 215 g/mol. The lowest BCUT2D eigenvalue weighted by Gasteiger charge is -2.13. The maximum Gasteiger partial charge on any atom is 0.125 e. The second-order valence-electron chi connectivity index (χ2n) is 3.40. The lowest BCUT2D eigenvalue weighted by molar-refractivity contribution is 0.210. The molecular weight excluding hydrogens is 202 g/mol. The lowest BCUT2D eigenvalue weighted by Crippen LogP contribution is -2.03. The number of hydrogen-bond acceptors (Lipinski definition) is 3. The van der Waals surface area contributed by atoms with Crippen molar-refractivity contribution in [2.75, 3.05) is 7.11 Å². The molecule has 1 aromatic heterocycles. The highest BCUT2D eigenvalue weighted by molar-refractivity contribution is 5.38. The number of hydrogen-bond donors (Lipinski definition) is 1. The summed E-state index contributed by atoms with van der Waals surface area (Å²) in [6.45, 7) is 0. The summed E-state index contributed by atoms with van der Waals surface area (Å²) in [5, 5.41) is 10.2. The third kappa shape index (κ3) is 2.04. The molecule has 1 aromatic carbocycles. The predicted octanol–water partition coefficient (Wildman–Crippen LogP) is 2.17. The van der Waals surface area contributed by atoms with Crippen molar-refractivity contribution in [1.82, 2.24) is 4.98 Å². The lowest BCUT2D eigenvalue weighted by atomic mass is 10.1. The molecule has 0 amide bonds. The summed E-state index contributed by atoms with van der Waals surface area (Å²) in [4.78, 5) is 4.12. The molecule has 2 rings (SSSR count). The summed E-state index contributed by atoms with van der Waals surface area (Å²) >= 11 is 0. The summed E-state index contributed by atoms with van der Waals surface area (Å²) in [5.41, 5.74) is 1.34. The Morgan fingerprint density at radius 2 is 1.88 bits per heavy atom. The number of pyridine rings is 1. The minimum absolute atomic E-state index is 0.618. The van der Waals surface area contributed by atoms with Crippen LogP contribution in [-0.2, 0) is 0 Å². The van der Waals surface area contributed by atoms with Gasteiger partial charge in [-0.15, -0.1) is 0 Å². The minimum Gasteiger partial charge on any atom is -0.496 e. The zero-order valence-electron chi connectivity index (χ0n) is 9.00. The molecular formula is C13H13NO2. The molecule has 0 unspecified atom stereocenters. The smallest absolute Gasteiger partial charge is 0.125 e. The largest absolute Gasteiger partial charge is 0.496 e. The van der Waals surface area contributed by atoms with Crippen LogP contribution in [0.3, 0.4) is 0 Å². The van der Waals surface area contributed by atoms with E-state index in [4.69, 9.17) is 4.74 Å². The van der Waals surface area contributed by atoms with E-state index in [-0.39, 0.29) is 0 Å². The van der Waals surface area contributed by atoms with Crippen LogP contribution in [0.4, 0.5) is 0 Å². The third-order valence-electron chi connectivity index (χ3n) is 2.40. The first-order valence-corrected chi connectivity index (χ1v) is 5.05.